The van der Waals surface area contributed by atoms with Crippen molar-refractivity contribution in [2.75, 3.05) is 31.6 Å². The number of carbonyl (C=O) groups excluding carboxylic acids is 1. The lowest BCUT2D eigenvalue weighted by molar-refractivity contribution is -0.111. The Bertz CT molecular complexity index is 936. The molecule has 0 aromatic heterocycles. The van der Waals surface area contributed by atoms with Gasteiger partial charge in [0.15, 0.2) is 0 Å². The predicted molar refractivity (Wildman–Crippen MR) is 105 cm³/mol. The number of halogens is 1. The van der Waals surface area contributed by atoms with Gasteiger partial charge in [0, 0.05) is 19.2 Å². The third-order valence-electron chi connectivity index (χ3n) is 4.05. The Morgan fingerprint density at radius 3 is 2.41 bits per heavy atom. The van der Waals surface area contributed by atoms with Gasteiger partial charge in [-0.3, -0.25) is 4.79 Å². The van der Waals surface area contributed by atoms with Crippen molar-refractivity contribution in [3.05, 3.63) is 65.2 Å². The molecule has 1 aliphatic heterocycles. The third-order valence-corrected chi connectivity index (χ3v) is 6.29. The van der Waals surface area contributed by atoms with Gasteiger partial charge in [-0.25, -0.2) is 8.42 Å². The number of anilines is 1. The molecule has 1 saturated heterocycles. The number of sulfonamides is 1. The number of morpholine rings is 1. The Morgan fingerprint density at radius 2 is 1.74 bits per heavy atom. The molecule has 6 nitrogen and oxygen atoms in total. The first-order valence-electron chi connectivity index (χ1n) is 8.38. The smallest absolute Gasteiger partial charge is 0.248 e. The predicted octanol–water partition coefficient (Wildman–Crippen LogP) is 3.01. The van der Waals surface area contributed by atoms with E-state index in [-0.39, 0.29) is 10.8 Å². The van der Waals surface area contributed by atoms with Gasteiger partial charge in [0.05, 0.1) is 28.8 Å². The molecule has 3 rings (SSSR count). The molecule has 2 aromatic carbocycles. The van der Waals surface area contributed by atoms with Crippen LogP contribution in [-0.4, -0.2) is 44.9 Å². The van der Waals surface area contributed by atoms with Crippen LogP contribution < -0.4 is 5.32 Å². The monoisotopic (exact) mass is 406 g/mol. The summed E-state index contributed by atoms with van der Waals surface area (Å²) < 4.78 is 31.8. The first kappa shape index (κ1) is 19.6. The van der Waals surface area contributed by atoms with Gasteiger partial charge < -0.3 is 10.1 Å². The van der Waals surface area contributed by atoms with Gasteiger partial charge in [0.25, 0.3) is 0 Å². The maximum absolute atomic E-state index is 12.6. The summed E-state index contributed by atoms with van der Waals surface area (Å²) in [4.78, 5) is 12.2. The lowest BCUT2D eigenvalue weighted by Gasteiger charge is -2.26. The Kier molecular flexibility index (Phi) is 6.28. The fourth-order valence-electron chi connectivity index (χ4n) is 2.60. The van der Waals surface area contributed by atoms with E-state index in [1.807, 2.05) is 0 Å². The molecule has 1 amide bonds. The van der Waals surface area contributed by atoms with E-state index >= 15 is 0 Å². The van der Waals surface area contributed by atoms with Crippen LogP contribution in [0.5, 0.6) is 0 Å². The van der Waals surface area contributed by atoms with Crippen LogP contribution in [0.2, 0.25) is 5.02 Å². The molecule has 0 radical (unpaired) electrons. The summed E-state index contributed by atoms with van der Waals surface area (Å²) in [5.41, 5.74) is 1.24. The Hall–Kier alpha value is -2.19. The van der Waals surface area contributed by atoms with Crippen molar-refractivity contribution >= 4 is 39.3 Å². The topological polar surface area (TPSA) is 75.7 Å². The molecule has 0 spiro atoms. The molecule has 2 aromatic rings. The summed E-state index contributed by atoms with van der Waals surface area (Å²) >= 11 is 6.00. The van der Waals surface area contributed by atoms with E-state index in [2.05, 4.69) is 5.32 Å². The van der Waals surface area contributed by atoms with Crippen molar-refractivity contribution in [2.24, 2.45) is 0 Å². The van der Waals surface area contributed by atoms with E-state index in [0.717, 1.165) is 0 Å². The molecule has 1 aliphatic rings. The maximum atomic E-state index is 12.6. The summed E-state index contributed by atoms with van der Waals surface area (Å²) in [6.07, 6.45) is 2.98. The molecule has 1 heterocycles. The number of nitrogens with zero attached hydrogens (tertiary/aromatic N) is 1. The second-order valence-electron chi connectivity index (χ2n) is 5.89. The first-order valence-corrected chi connectivity index (χ1v) is 10.2. The number of hydrogen-bond acceptors (Lipinski definition) is 4. The Morgan fingerprint density at radius 1 is 1.07 bits per heavy atom. The number of amides is 1. The number of benzene rings is 2. The van der Waals surface area contributed by atoms with E-state index in [1.165, 1.54) is 22.5 Å². The molecular formula is C19H19ClN2O4S. The molecule has 1 N–H and O–H groups in total. The van der Waals surface area contributed by atoms with Gasteiger partial charge in [-0.1, -0.05) is 35.9 Å². The summed E-state index contributed by atoms with van der Waals surface area (Å²) in [6.45, 7) is 1.51. The van der Waals surface area contributed by atoms with Crippen LogP contribution in [0.15, 0.2) is 59.5 Å². The lowest BCUT2D eigenvalue weighted by atomic mass is 10.2. The van der Waals surface area contributed by atoms with Gasteiger partial charge in [0.2, 0.25) is 15.9 Å². The first-order chi connectivity index (χ1) is 13.0. The van der Waals surface area contributed by atoms with Crippen LogP contribution in [0.25, 0.3) is 6.08 Å². The van der Waals surface area contributed by atoms with E-state index < -0.39 is 10.0 Å². The maximum Gasteiger partial charge on any atom is 0.248 e. The minimum absolute atomic E-state index is 0.224. The standard InChI is InChI=1S/C19H19ClN2O4S/c20-17-3-1-2-4-18(17)21-19(23)10-7-15-5-8-16(9-6-15)27(24,25)22-11-13-26-14-12-22/h1-10H,11-14H2,(H,21,23)/b10-7-. The molecule has 0 atom stereocenters. The number of carbonyl (C=O) groups is 1. The average molecular weight is 407 g/mol. The highest BCUT2D eigenvalue weighted by Crippen LogP contribution is 2.21. The molecule has 142 valence electrons. The van der Waals surface area contributed by atoms with E-state index in [0.29, 0.717) is 42.6 Å². The van der Waals surface area contributed by atoms with Gasteiger partial charge >= 0.3 is 0 Å². The zero-order chi connectivity index (χ0) is 19.3. The summed E-state index contributed by atoms with van der Waals surface area (Å²) in [5.74, 6) is -0.326. The van der Waals surface area contributed by atoms with Crippen LogP contribution in [-0.2, 0) is 19.6 Å². The van der Waals surface area contributed by atoms with Crippen LogP contribution in [0.1, 0.15) is 5.56 Å². The number of nitrogens with one attached hydrogen (secondary N) is 1. The van der Waals surface area contributed by atoms with Crippen molar-refractivity contribution in [1.29, 1.82) is 0 Å². The van der Waals surface area contributed by atoms with Gasteiger partial charge in [-0.15, -0.1) is 0 Å². The van der Waals surface area contributed by atoms with Gasteiger partial charge in [-0.05, 0) is 35.9 Å². The van der Waals surface area contributed by atoms with Crippen LogP contribution in [0, 0.1) is 0 Å². The Balaban J connectivity index is 1.65. The molecular weight excluding hydrogens is 388 g/mol. The zero-order valence-corrected chi connectivity index (χ0v) is 16.0. The lowest BCUT2D eigenvalue weighted by Crippen LogP contribution is -2.40. The van der Waals surface area contributed by atoms with Crippen LogP contribution in [0.4, 0.5) is 5.69 Å². The highest BCUT2D eigenvalue weighted by molar-refractivity contribution is 7.89. The molecule has 0 bridgehead atoms. The summed E-state index contributed by atoms with van der Waals surface area (Å²) in [6, 6.07) is 13.3. The van der Waals surface area contributed by atoms with E-state index in [4.69, 9.17) is 16.3 Å². The fraction of sp³-hybridized carbons (Fsp3) is 0.211. The number of para-hydroxylation sites is 1. The van der Waals surface area contributed by atoms with Crippen LogP contribution >= 0.6 is 11.6 Å². The van der Waals surface area contributed by atoms with E-state index in [9.17, 15) is 13.2 Å². The SMILES string of the molecule is O=C(/C=C\c1ccc(S(=O)(=O)N2CCOCC2)cc1)Nc1ccccc1Cl. The summed E-state index contributed by atoms with van der Waals surface area (Å²) in [7, 11) is -3.52. The molecule has 0 saturated carbocycles. The molecule has 8 heteroatoms. The quantitative estimate of drug-likeness (QED) is 0.774. The zero-order valence-electron chi connectivity index (χ0n) is 14.5. The fourth-order valence-corrected chi connectivity index (χ4v) is 4.19. The minimum atomic E-state index is -3.52. The normalized spacial score (nSPS) is 15.7. The number of hydrogen-bond donors (Lipinski definition) is 1. The van der Waals surface area contributed by atoms with Crippen molar-refractivity contribution in [2.45, 2.75) is 4.90 Å². The highest BCUT2D eigenvalue weighted by atomic mass is 35.5. The number of ether oxygens (including phenoxy) is 1. The van der Waals surface area contributed by atoms with Gasteiger partial charge in [0.1, 0.15) is 0 Å². The third kappa shape index (κ3) is 4.95. The van der Waals surface area contributed by atoms with Crippen LogP contribution in [0.3, 0.4) is 0 Å². The average Bonchev–Trinajstić information content (AvgIpc) is 2.69. The van der Waals surface area contributed by atoms with Crippen molar-refractivity contribution in [3.8, 4) is 0 Å². The molecule has 27 heavy (non-hydrogen) atoms. The minimum Gasteiger partial charge on any atom is -0.379 e. The van der Waals surface area contributed by atoms with Crippen molar-refractivity contribution < 1.29 is 17.9 Å². The summed E-state index contributed by atoms with van der Waals surface area (Å²) in [5, 5.41) is 3.14. The largest absolute Gasteiger partial charge is 0.379 e. The van der Waals surface area contributed by atoms with Crippen molar-refractivity contribution in [3.63, 3.8) is 0 Å². The highest BCUT2D eigenvalue weighted by Gasteiger charge is 2.25. The van der Waals surface area contributed by atoms with Gasteiger partial charge in [-0.2, -0.15) is 4.31 Å². The molecule has 1 fully saturated rings. The molecule has 0 unspecified atom stereocenters. The number of rotatable bonds is 5. The Labute approximate surface area is 163 Å². The van der Waals surface area contributed by atoms with Crippen molar-refractivity contribution in [1.82, 2.24) is 4.31 Å². The second-order valence-corrected chi connectivity index (χ2v) is 8.23. The molecule has 0 aliphatic carbocycles. The van der Waals surface area contributed by atoms with E-state index in [1.54, 1.807) is 42.5 Å². The second kappa shape index (κ2) is 8.67.